The van der Waals surface area contributed by atoms with Crippen LogP contribution in [0, 0.1) is 5.82 Å². The van der Waals surface area contributed by atoms with E-state index in [-0.39, 0.29) is 5.92 Å². The molecule has 11 heavy (non-hydrogen) atoms. The Morgan fingerprint density at radius 1 is 1.36 bits per heavy atom. The number of rotatable bonds is 1. The molecule has 1 aliphatic carbocycles. The minimum atomic E-state index is -0.633. The van der Waals surface area contributed by atoms with E-state index in [1.165, 1.54) is 0 Å². The van der Waals surface area contributed by atoms with Gasteiger partial charge in [-0.3, -0.25) is 15.0 Å². The number of aromatic nitrogens is 2. The molecule has 0 atom stereocenters. The number of hydrogen-bond donors (Lipinski definition) is 2. The molecule has 1 fully saturated rings. The average molecular weight is 156 g/mol. The monoisotopic (exact) mass is 156 g/mol. The van der Waals surface area contributed by atoms with E-state index in [2.05, 4.69) is 10.2 Å². The first kappa shape index (κ1) is 6.64. The van der Waals surface area contributed by atoms with E-state index in [0.29, 0.717) is 5.69 Å². The summed E-state index contributed by atoms with van der Waals surface area (Å²) in [4.78, 5) is 10.6. The maximum absolute atomic E-state index is 12.9. The summed E-state index contributed by atoms with van der Waals surface area (Å²) in [5.74, 6) is -0.386. The standard InChI is InChI=1S/C7H9FN2O/c8-5-6(4-2-1-3-4)9-10-7(5)11/h4H,1-3H2,(H2,9,10,11). The van der Waals surface area contributed by atoms with Crippen LogP contribution in [0.15, 0.2) is 4.79 Å². The lowest BCUT2D eigenvalue weighted by molar-refractivity contribution is 0.396. The largest absolute Gasteiger partial charge is 0.300 e. The summed E-state index contributed by atoms with van der Waals surface area (Å²) < 4.78 is 12.9. The van der Waals surface area contributed by atoms with Crippen LogP contribution >= 0.6 is 0 Å². The van der Waals surface area contributed by atoms with Crippen LogP contribution in [0.1, 0.15) is 30.9 Å². The van der Waals surface area contributed by atoms with Crippen LogP contribution in [-0.2, 0) is 0 Å². The van der Waals surface area contributed by atoms with Crippen molar-refractivity contribution in [3.63, 3.8) is 0 Å². The van der Waals surface area contributed by atoms with Crippen molar-refractivity contribution >= 4 is 0 Å². The number of H-pyrrole nitrogens is 2. The summed E-state index contributed by atoms with van der Waals surface area (Å²) in [5.41, 5.74) is -0.173. The van der Waals surface area contributed by atoms with Gasteiger partial charge in [0.2, 0.25) is 5.82 Å². The van der Waals surface area contributed by atoms with Gasteiger partial charge in [0.1, 0.15) is 0 Å². The van der Waals surface area contributed by atoms with Crippen molar-refractivity contribution in [1.82, 2.24) is 10.2 Å². The highest BCUT2D eigenvalue weighted by atomic mass is 19.1. The SMILES string of the molecule is O=c1[nH][nH]c(C2CCC2)c1F. The molecule has 0 aliphatic heterocycles. The summed E-state index contributed by atoms with van der Waals surface area (Å²) >= 11 is 0. The first-order chi connectivity index (χ1) is 5.29. The second kappa shape index (κ2) is 2.22. The van der Waals surface area contributed by atoms with E-state index in [0.717, 1.165) is 19.3 Å². The van der Waals surface area contributed by atoms with E-state index in [9.17, 15) is 9.18 Å². The van der Waals surface area contributed by atoms with Crippen LogP contribution < -0.4 is 5.56 Å². The van der Waals surface area contributed by atoms with Gasteiger partial charge < -0.3 is 0 Å². The predicted octanol–water partition coefficient (Wildman–Crippen LogP) is 1.11. The van der Waals surface area contributed by atoms with E-state index < -0.39 is 11.4 Å². The smallest absolute Gasteiger partial charge is 0.299 e. The van der Waals surface area contributed by atoms with E-state index in [1.807, 2.05) is 0 Å². The van der Waals surface area contributed by atoms with Crippen molar-refractivity contribution < 1.29 is 4.39 Å². The Balaban J connectivity index is 2.36. The van der Waals surface area contributed by atoms with Crippen LogP contribution in [0.25, 0.3) is 0 Å². The van der Waals surface area contributed by atoms with Crippen molar-refractivity contribution in [3.8, 4) is 0 Å². The van der Waals surface area contributed by atoms with Gasteiger partial charge in [-0.1, -0.05) is 6.42 Å². The van der Waals surface area contributed by atoms with Gasteiger partial charge in [-0.25, -0.2) is 0 Å². The molecular weight excluding hydrogens is 147 g/mol. The van der Waals surface area contributed by atoms with Crippen molar-refractivity contribution in [2.75, 3.05) is 0 Å². The number of nitrogens with one attached hydrogen (secondary N) is 2. The quantitative estimate of drug-likeness (QED) is 0.628. The molecule has 0 radical (unpaired) electrons. The number of halogens is 1. The fourth-order valence-electron chi connectivity index (χ4n) is 1.33. The Kier molecular flexibility index (Phi) is 1.34. The van der Waals surface area contributed by atoms with Crippen molar-refractivity contribution in [3.05, 3.63) is 21.9 Å². The minimum absolute atomic E-state index is 0.244. The molecule has 0 saturated heterocycles. The zero-order valence-corrected chi connectivity index (χ0v) is 5.98. The second-order valence-corrected chi connectivity index (χ2v) is 2.93. The normalized spacial score (nSPS) is 18.3. The molecule has 1 aromatic rings. The van der Waals surface area contributed by atoms with Crippen LogP contribution in [-0.4, -0.2) is 10.2 Å². The van der Waals surface area contributed by atoms with Crippen molar-refractivity contribution in [2.24, 2.45) is 0 Å². The lowest BCUT2D eigenvalue weighted by Crippen LogP contribution is -2.12. The highest BCUT2D eigenvalue weighted by Crippen LogP contribution is 2.35. The lowest BCUT2D eigenvalue weighted by Gasteiger charge is -2.23. The van der Waals surface area contributed by atoms with Gasteiger partial charge in [0.25, 0.3) is 5.56 Å². The van der Waals surface area contributed by atoms with E-state index >= 15 is 0 Å². The molecule has 1 saturated carbocycles. The molecule has 2 rings (SSSR count). The summed E-state index contributed by atoms with van der Waals surface area (Å²) in [7, 11) is 0. The van der Waals surface area contributed by atoms with E-state index in [1.54, 1.807) is 0 Å². The Labute approximate surface area is 62.6 Å². The van der Waals surface area contributed by atoms with Crippen LogP contribution in [0.2, 0.25) is 0 Å². The highest BCUT2D eigenvalue weighted by Gasteiger charge is 2.25. The zero-order chi connectivity index (χ0) is 7.84. The summed E-state index contributed by atoms with van der Waals surface area (Å²) in [6, 6.07) is 0. The van der Waals surface area contributed by atoms with Gasteiger partial charge in [0.05, 0.1) is 5.69 Å². The molecule has 0 aromatic carbocycles. The fourth-order valence-corrected chi connectivity index (χ4v) is 1.33. The van der Waals surface area contributed by atoms with Crippen LogP contribution in [0.3, 0.4) is 0 Å². The fraction of sp³-hybridized carbons (Fsp3) is 0.571. The maximum Gasteiger partial charge on any atom is 0.300 e. The predicted molar refractivity (Wildman–Crippen MR) is 38.0 cm³/mol. The van der Waals surface area contributed by atoms with Gasteiger partial charge in [0.15, 0.2) is 0 Å². The van der Waals surface area contributed by atoms with Crippen molar-refractivity contribution in [2.45, 2.75) is 25.2 Å². The molecule has 0 unspecified atom stereocenters. The Hall–Kier alpha value is -1.06. The highest BCUT2D eigenvalue weighted by molar-refractivity contribution is 5.11. The molecule has 0 bridgehead atoms. The van der Waals surface area contributed by atoms with Crippen molar-refractivity contribution in [1.29, 1.82) is 0 Å². The molecule has 2 N–H and O–H groups in total. The van der Waals surface area contributed by atoms with Gasteiger partial charge >= 0.3 is 0 Å². The Bertz CT molecular complexity index is 310. The topological polar surface area (TPSA) is 48.6 Å². The third-order valence-corrected chi connectivity index (χ3v) is 2.26. The third kappa shape index (κ3) is 0.895. The zero-order valence-electron chi connectivity index (χ0n) is 5.98. The molecule has 1 heterocycles. The molecular formula is C7H9FN2O. The van der Waals surface area contributed by atoms with Crippen LogP contribution in [0.5, 0.6) is 0 Å². The summed E-state index contributed by atoms with van der Waals surface area (Å²) in [6.45, 7) is 0. The first-order valence-electron chi connectivity index (χ1n) is 3.75. The minimum Gasteiger partial charge on any atom is -0.299 e. The number of aromatic amines is 2. The Morgan fingerprint density at radius 2 is 2.09 bits per heavy atom. The average Bonchev–Trinajstić information content (AvgIpc) is 2.15. The molecule has 1 aliphatic rings. The van der Waals surface area contributed by atoms with Gasteiger partial charge in [-0.05, 0) is 12.8 Å². The molecule has 4 heteroatoms. The maximum atomic E-state index is 12.9. The Morgan fingerprint density at radius 3 is 2.45 bits per heavy atom. The van der Waals surface area contributed by atoms with Gasteiger partial charge in [-0.15, -0.1) is 0 Å². The molecule has 60 valence electrons. The number of hydrogen-bond acceptors (Lipinski definition) is 1. The molecule has 0 amide bonds. The van der Waals surface area contributed by atoms with Gasteiger partial charge in [0, 0.05) is 5.92 Å². The third-order valence-electron chi connectivity index (χ3n) is 2.26. The second-order valence-electron chi connectivity index (χ2n) is 2.93. The lowest BCUT2D eigenvalue weighted by atomic mass is 9.83. The van der Waals surface area contributed by atoms with Gasteiger partial charge in [-0.2, -0.15) is 4.39 Å². The molecule has 3 nitrogen and oxygen atoms in total. The first-order valence-corrected chi connectivity index (χ1v) is 3.75. The molecule has 0 spiro atoms. The summed E-state index contributed by atoms with van der Waals surface area (Å²) in [6.07, 6.45) is 3.12. The van der Waals surface area contributed by atoms with E-state index in [4.69, 9.17) is 0 Å². The van der Waals surface area contributed by atoms with Crippen LogP contribution in [0.4, 0.5) is 4.39 Å². The molecule has 1 aromatic heterocycles. The summed E-state index contributed by atoms with van der Waals surface area (Å²) in [5, 5.41) is 4.79.